The van der Waals surface area contributed by atoms with Crippen molar-refractivity contribution in [2.75, 3.05) is 17.1 Å². The minimum absolute atomic E-state index is 0.0547. The number of benzene rings is 3. The van der Waals surface area contributed by atoms with Gasteiger partial charge in [0, 0.05) is 15.7 Å². The molecule has 5 N–H and O–H groups in total. The number of azo groups is 1. The highest BCUT2D eigenvalue weighted by Crippen LogP contribution is 2.41. The molecule has 3 aromatic rings. The van der Waals surface area contributed by atoms with Crippen LogP contribution in [0.4, 0.5) is 17.1 Å². The Labute approximate surface area is 223 Å². The molecule has 0 saturated heterocycles. The number of hydrogen-bond acceptors (Lipinski definition) is 16. The molecule has 0 amide bonds. The van der Waals surface area contributed by atoms with E-state index in [2.05, 4.69) is 29.0 Å². The number of sulfone groups is 1. The minimum atomic E-state index is -4.72. The van der Waals surface area contributed by atoms with Crippen molar-refractivity contribution in [1.29, 1.82) is 0 Å². The molecule has 0 aromatic heterocycles. The molecule has 38 heavy (non-hydrogen) atoms. The molecule has 0 aliphatic carbocycles. The second kappa shape index (κ2) is 13.5. The number of rotatable bonds is 14. The molecule has 0 bridgehead atoms. The van der Waals surface area contributed by atoms with Crippen LogP contribution in [0.15, 0.2) is 68.6 Å². The number of hydrogen-bond donors (Lipinski definition) is 5. The second-order valence-corrected chi connectivity index (χ2v) is 11.4. The summed E-state index contributed by atoms with van der Waals surface area (Å²) < 4.78 is 72.0. The molecular weight excluding hydrogens is 594 g/mol. The molecular formula is C18H17N3O13S4. The molecule has 0 aliphatic rings. The SMILES string of the molecule is O=S(=O)(O)Nc1ccc2c(O)cc(SOOO)cc2c1N=Nc1ccc(S(=O)(=O)CCOSOOO)cc1. The van der Waals surface area contributed by atoms with Crippen molar-refractivity contribution in [2.45, 2.75) is 9.79 Å². The van der Waals surface area contributed by atoms with Gasteiger partial charge in [0.05, 0.1) is 40.7 Å². The van der Waals surface area contributed by atoms with Crippen LogP contribution in [-0.2, 0) is 43.1 Å². The van der Waals surface area contributed by atoms with E-state index in [1.165, 1.54) is 48.5 Å². The van der Waals surface area contributed by atoms with Gasteiger partial charge in [-0.2, -0.15) is 13.5 Å². The van der Waals surface area contributed by atoms with E-state index in [0.717, 1.165) is 0 Å². The molecule has 0 saturated carbocycles. The number of anilines is 1. The minimum Gasteiger partial charge on any atom is -0.507 e. The summed E-state index contributed by atoms with van der Waals surface area (Å²) in [5.74, 6) is -0.667. The number of fused-ring (bicyclic) bond motifs is 1. The van der Waals surface area contributed by atoms with Crippen molar-refractivity contribution in [3.05, 3.63) is 48.5 Å². The Morgan fingerprint density at radius 2 is 1.61 bits per heavy atom. The summed E-state index contributed by atoms with van der Waals surface area (Å²) in [6.45, 7) is -0.273. The van der Waals surface area contributed by atoms with Crippen LogP contribution in [0.3, 0.4) is 0 Å². The summed E-state index contributed by atoms with van der Waals surface area (Å²) in [7, 11) is -8.47. The predicted molar refractivity (Wildman–Crippen MR) is 132 cm³/mol. The van der Waals surface area contributed by atoms with Crippen LogP contribution in [0.5, 0.6) is 5.75 Å². The molecule has 16 nitrogen and oxygen atoms in total. The van der Waals surface area contributed by atoms with Crippen molar-refractivity contribution in [3.63, 3.8) is 0 Å². The van der Waals surface area contributed by atoms with Gasteiger partial charge in [0.2, 0.25) is 0 Å². The number of phenols is 1. The van der Waals surface area contributed by atoms with Crippen LogP contribution < -0.4 is 4.72 Å². The molecule has 0 atom stereocenters. The van der Waals surface area contributed by atoms with Crippen molar-refractivity contribution in [1.82, 2.24) is 0 Å². The molecule has 0 aliphatic heterocycles. The summed E-state index contributed by atoms with van der Waals surface area (Å²) in [4.78, 5) is 0.165. The van der Waals surface area contributed by atoms with Crippen molar-refractivity contribution in [3.8, 4) is 5.75 Å². The van der Waals surface area contributed by atoms with Gasteiger partial charge < -0.3 is 5.11 Å². The maximum absolute atomic E-state index is 12.4. The van der Waals surface area contributed by atoms with Crippen LogP contribution in [0.25, 0.3) is 10.8 Å². The Hall–Kier alpha value is -2.60. The van der Waals surface area contributed by atoms with E-state index >= 15 is 0 Å². The van der Waals surface area contributed by atoms with E-state index in [0.29, 0.717) is 12.0 Å². The average Bonchev–Trinajstić information content (AvgIpc) is 2.86. The first-order valence-corrected chi connectivity index (χ1v) is 14.2. The van der Waals surface area contributed by atoms with Gasteiger partial charge in [-0.3, -0.25) is 13.5 Å². The van der Waals surface area contributed by atoms with Crippen LogP contribution in [0.1, 0.15) is 0 Å². The van der Waals surface area contributed by atoms with Crippen LogP contribution in [-0.4, -0.2) is 49.4 Å². The van der Waals surface area contributed by atoms with E-state index in [9.17, 15) is 26.5 Å². The predicted octanol–water partition coefficient (Wildman–Crippen LogP) is 4.38. The smallest absolute Gasteiger partial charge is 0.357 e. The third kappa shape index (κ3) is 8.45. The van der Waals surface area contributed by atoms with E-state index in [-0.39, 0.29) is 62.3 Å². The first-order chi connectivity index (χ1) is 18.0. The number of aromatic hydroxyl groups is 1. The molecule has 0 unspecified atom stereocenters. The third-order valence-electron chi connectivity index (χ3n) is 4.46. The van der Waals surface area contributed by atoms with E-state index in [4.69, 9.17) is 14.7 Å². The molecule has 0 fully saturated rings. The van der Waals surface area contributed by atoms with Gasteiger partial charge in [-0.05, 0) is 48.5 Å². The maximum atomic E-state index is 12.4. The van der Waals surface area contributed by atoms with Gasteiger partial charge >= 0.3 is 10.3 Å². The third-order valence-corrected chi connectivity index (χ3v) is 7.57. The summed E-state index contributed by atoms with van der Waals surface area (Å²) in [6, 6.07) is 10.5. The van der Waals surface area contributed by atoms with E-state index in [1.54, 1.807) is 0 Å². The highest BCUT2D eigenvalue weighted by molar-refractivity contribution is 7.94. The number of nitrogens with one attached hydrogen (secondary N) is 1. The van der Waals surface area contributed by atoms with Gasteiger partial charge in [-0.15, -0.1) is 13.8 Å². The average molecular weight is 612 g/mol. The largest absolute Gasteiger partial charge is 0.507 e. The fourth-order valence-electron chi connectivity index (χ4n) is 2.96. The van der Waals surface area contributed by atoms with Gasteiger partial charge in [0.1, 0.15) is 11.4 Å². The van der Waals surface area contributed by atoms with Gasteiger partial charge in [-0.1, -0.05) is 10.1 Å². The van der Waals surface area contributed by atoms with Crippen LogP contribution >= 0.6 is 24.4 Å². The first kappa shape index (κ1) is 29.9. The molecule has 0 heterocycles. The second-order valence-electron chi connectivity index (χ2n) is 6.85. The Kier molecular flexibility index (Phi) is 10.6. The zero-order chi connectivity index (χ0) is 27.8. The maximum Gasteiger partial charge on any atom is 0.357 e. The summed E-state index contributed by atoms with van der Waals surface area (Å²) in [6.07, 6.45) is 0. The standard InChI is InChI=1S/C18H17N3O13S4/c22-17-10-12(35-33-31-23)9-15-14(17)5-6-16(21-38(27,28)29)18(15)20-19-11-1-3-13(4-2-11)37(25,26)8-7-30-36-34-32-24/h1-6,9-10,21-24H,7-8H2,(H,27,28,29). The lowest BCUT2D eigenvalue weighted by Gasteiger charge is -2.11. The molecule has 0 spiro atoms. The molecule has 206 valence electrons. The normalized spacial score (nSPS) is 12.4. The van der Waals surface area contributed by atoms with E-state index < -0.39 is 25.9 Å². The highest BCUT2D eigenvalue weighted by atomic mass is 32.2. The van der Waals surface area contributed by atoms with E-state index in [1.807, 2.05) is 4.72 Å². The molecule has 20 heteroatoms. The highest BCUT2D eigenvalue weighted by Gasteiger charge is 2.17. The van der Waals surface area contributed by atoms with Crippen molar-refractivity contribution in [2.24, 2.45) is 10.2 Å². The van der Waals surface area contributed by atoms with Gasteiger partial charge in [0.15, 0.2) is 22.2 Å². The lowest BCUT2D eigenvalue weighted by molar-refractivity contribution is -0.434. The Bertz CT molecular complexity index is 1500. The number of phenolic OH excluding ortho intramolecular Hbond substituents is 1. The summed E-state index contributed by atoms with van der Waals surface area (Å²) in [5, 5.41) is 42.0. The fourth-order valence-corrected chi connectivity index (χ4v) is 5.25. The first-order valence-electron chi connectivity index (χ1n) is 9.75. The Morgan fingerprint density at radius 3 is 2.26 bits per heavy atom. The van der Waals surface area contributed by atoms with Crippen molar-refractivity contribution < 1.29 is 59.9 Å². The van der Waals surface area contributed by atoms with Crippen molar-refractivity contribution >= 4 is 72.3 Å². The Balaban J connectivity index is 1.93. The lowest BCUT2D eigenvalue weighted by atomic mass is 10.1. The van der Waals surface area contributed by atoms with Gasteiger partial charge in [-0.25, -0.2) is 18.9 Å². The molecule has 3 rings (SSSR count). The zero-order valence-corrected chi connectivity index (χ0v) is 21.8. The number of nitrogens with zero attached hydrogens (tertiary/aromatic N) is 2. The fraction of sp³-hybridized carbons (Fsp3) is 0.111. The molecule has 0 radical (unpaired) electrons. The quantitative estimate of drug-likeness (QED) is 0.0425. The van der Waals surface area contributed by atoms with Crippen LogP contribution in [0.2, 0.25) is 0 Å². The summed E-state index contributed by atoms with van der Waals surface area (Å²) >= 11 is 0.764. The zero-order valence-electron chi connectivity index (χ0n) is 18.5. The molecule has 3 aromatic carbocycles. The lowest BCUT2D eigenvalue weighted by Crippen LogP contribution is -2.10. The van der Waals surface area contributed by atoms with Crippen LogP contribution in [0, 0.1) is 0 Å². The summed E-state index contributed by atoms with van der Waals surface area (Å²) in [5.41, 5.74) is -0.147. The topological polar surface area (TPSA) is 232 Å². The monoisotopic (exact) mass is 611 g/mol. The van der Waals surface area contributed by atoms with Gasteiger partial charge in [0.25, 0.3) is 0 Å². The Morgan fingerprint density at radius 1 is 0.895 bits per heavy atom.